The van der Waals surface area contributed by atoms with Crippen molar-refractivity contribution in [1.29, 1.82) is 21.2 Å². The smallest absolute Gasteiger partial charge is 0.215 e. The first-order valence-corrected chi connectivity index (χ1v) is 10.3. The zero-order valence-corrected chi connectivity index (χ0v) is 18.5. The molecule has 0 aliphatic carbocycles. The van der Waals surface area contributed by atoms with E-state index in [4.69, 9.17) is 24.4 Å². The van der Waals surface area contributed by atoms with Crippen molar-refractivity contribution in [1.82, 2.24) is 0 Å². The second kappa shape index (κ2) is 7.81. The summed E-state index contributed by atoms with van der Waals surface area (Å²) < 4.78 is 23.1. The maximum atomic E-state index is 10.5. The zero-order valence-electron chi connectivity index (χ0n) is 18.5. The molecule has 1 N–H and O–H groups in total. The number of ether oxygens (including phenoxy) is 4. The van der Waals surface area contributed by atoms with Crippen molar-refractivity contribution < 1.29 is 18.9 Å². The molecule has 8 nitrogen and oxygen atoms in total. The summed E-state index contributed by atoms with van der Waals surface area (Å²) in [5.74, 6) is -1.83. The standard InChI is InChI=1S/C25H22N4O4/c1-23-20(11-16-7-5-4-6-8-16)25(15-28,22(29)33-23)24(13-26,14-27)21(32-23)18-12-17(30-2)9-10-19(18)31-3/h4-10,12,20-21,29H,11H2,1-3H3. The van der Waals surface area contributed by atoms with E-state index in [0.717, 1.165) is 5.56 Å². The fourth-order valence-electron chi connectivity index (χ4n) is 5.06. The predicted octanol–water partition coefficient (Wildman–Crippen LogP) is 3.90. The Morgan fingerprint density at radius 2 is 1.70 bits per heavy atom. The number of nitriles is 3. The number of nitrogens with one attached hydrogen (secondary N) is 1. The molecule has 0 radical (unpaired) electrons. The Kier molecular flexibility index (Phi) is 5.24. The Balaban J connectivity index is 1.98. The summed E-state index contributed by atoms with van der Waals surface area (Å²) in [6.07, 6.45) is -0.961. The topological polar surface area (TPSA) is 132 Å². The van der Waals surface area contributed by atoms with Crippen molar-refractivity contribution in [3.8, 4) is 29.7 Å². The third kappa shape index (κ3) is 2.87. The first-order valence-electron chi connectivity index (χ1n) is 10.3. The molecule has 2 aliphatic heterocycles. The highest BCUT2D eigenvalue weighted by Crippen LogP contribution is 2.67. The predicted molar refractivity (Wildman–Crippen MR) is 116 cm³/mol. The highest BCUT2D eigenvalue weighted by atomic mass is 16.7. The molecule has 2 saturated heterocycles. The lowest BCUT2D eigenvalue weighted by atomic mass is 9.52. The number of benzene rings is 2. The maximum absolute atomic E-state index is 10.5. The number of hydrogen-bond acceptors (Lipinski definition) is 8. The van der Waals surface area contributed by atoms with Crippen molar-refractivity contribution in [2.45, 2.75) is 25.2 Å². The quantitative estimate of drug-likeness (QED) is 0.742. The molecular weight excluding hydrogens is 420 g/mol. The summed E-state index contributed by atoms with van der Waals surface area (Å²) in [6.45, 7) is 1.65. The van der Waals surface area contributed by atoms with Gasteiger partial charge < -0.3 is 18.9 Å². The van der Waals surface area contributed by atoms with E-state index in [1.54, 1.807) is 25.1 Å². The summed E-state index contributed by atoms with van der Waals surface area (Å²) in [5.41, 5.74) is -2.73. The summed E-state index contributed by atoms with van der Waals surface area (Å²) in [4.78, 5) is 0. The zero-order chi connectivity index (χ0) is 23.9. The van der Waals surface area contributed by atoms with Crippen molar-refractivity contribution >= 4 is 5.90 Å². The summed E-state index contributed by atoms with van der Waals surface area (Å²) in [5, 5.41) is 40.0. The minimum absolute atomic E-state index is 0.278. The normalized spacial score (nSPS) is 29.2. The van der Waals surface area contributed by atoms with Crippen LogP contribution in [0.15, 0.2) is 48.5 Å². The number of hydrogen-bond donors (Lipinski definition) is 1. The van der Waals surface area contributed by atoms with Crippen LogP contribution in [0.2, 0.25) is 0 Å². The lowest BCUT2D eigenvalue weighted by molar-refractivity contribution is -0.272. The highest BCUT2D eigenvalue weighted by Gasteiger charge is 2.79. The lowest BCUT2D eigenvalue weighted by Gasteiger charge is -2.49. The van der Waals surface area contributed by atoms with Crippen molar-refractivity contribution in [3.63, 3.8) is 0 Å². The molecule has 0 amide bonds. The first kappa shape index (κ1) is 22.1. The van der Waals surface area contributed by atoms with Crippen molar-refractivity contribution in [3.05, 3.63) is 59.7 Å². The highest BCUT2D eigenvalue weighted by molar-refractivity contribution is 5.89. The van der Waals surface area contributed by atoms with Gasteiger partial charge in [0.15, 0.2) is 5.41 Å². The molecular formula is C25H22N4O4. The second-order valence-corrected chi connectivity index (χ2v) is 8.25. The number of rotatable bonds is 5. The first-order chi connectivity index (χ1) is 15.9. The molecule has 0 aromatic heterocycles. The van der Waals surface area contributed by atoms with Gasteiger partial charge in [0.1, 0.15) is 17.6 Å². The number of nitrogens with zero attached hydrogens (tertiary/aromatic N) is 3. The van der Waals surface area contributed by atoms with Crippen LogP contribution >= 0.6 is 0 Å². The molecule has 166 valence electrons. The van der Waals surface area contributed by atoms with E-state index >= 15 is 0 Å². The van der Waals surface area contributed by atoms with Crippen LogP contribution in [0.5, 0.6) is 11.5 Å². The van der Waals surface area contributed by atoms with Crippen molar-refractivity contribution in [2.24, 2.45) is 16.7 Å². The van der Waals surface area contributed by atoms with E-state index in [-0.39, 0.29) is 6.42 Å². The molecule has 33 heavy (non-hydrogen) atoms. The Labute approximate surface area is 192 Å². The van der Waals surface area contributed by atoms with E-state index in [9.17, 15) is 15.8 Å². The average Bonchev–Trinajstić information content (AvgIpc) is 3.00. The Hall–Kier alpha value is -4.06. The van der Waals surface area contributed by atoms with Gasteiger partial charge in [-0.05, 0) is 30.2 Å². The molecule has 0 spiro atoms. The van der Waals surface area contributed by atoms with Gasteiger partial charge in [0, 0.05) is 12.5 Å². The van der Waals surface area contributed by atoms with Crippen LogP contribution in [0.3, 0.4) is 0 Å². The van der Waals surface area contributed by atoms with Crippen LogP contribution < -0.4 is 9.47 Å². The van der Waals surface area contributed by atoms with Gasteiger partial charge in [0.25, 0.3) is 0 Å². The number of fused-ring (bicyclic) bond motifs is 2. The van der Waals surface area contributed by atoms with Gasteiger partial charge in [0.05, 0.1) is 38.3 Å². The molecule has 4 atom stereocenters. The van der Waals surface area contributed by atoms with Gasteiger partial charge in [0.2, 0.25) is 17.1 Å². The van der Waals surface area contributed by atoms with E-state index in [1.807, 2.05) is 30.3 Å². The Morgan fingerprint density at radius 1 is 1.00 bits per heavy atom. The molecule has 4 unspecified atom stereocenters. The molecule has 4 rings (SSSR count). The van der Waals surface area contributed by atoms with Crippen molar-refractivity contribution in [2.75, 3.05) is 14.2 Å². The lowest BCUT2D eigenvalue weighted by Crippen LogP contribution is -2.59. The SMILES string of the molecule is COc1ccc(OC)c(C2OC3(C)OC(=N)C(C#N)(C3Cc3ccccc3)C2(C#N)C#N)c1. The van der Waals surface area contributed by atoms with Gasteiger partial charge in [-0.15, -0.1) is 0 Å². The van der Waals surface area contributed by atoms with Crippen LogP contribution in [0.4, 0.5) is 0 Å². The Bertz CT molecular complexity index is 1210. The molecule has 2 bridgehead atoms. The molecule has 2 aliphatic rings. The maximum Gasteiger partial charge on any atom is 0.215 e. The van der Waals surface area contributed by atoms with Gasteiger partial charge in [-0.2, -0.15) is 15.8 Å². The van der Waals surface area contributed by atoms with E-state index in [1.165, 1.54) is 14.2 Å². The molecule has 2 fully saturated rings. The third-order valence-electron chi connectivity index (χ3n) is 6.72. The van der Waals surface area contributed by atoms with Gasteiger partial charge in [-0.25, -0.2) is 0 Å². The molecule has 0 saturated carbocycles. The number of methoxy groups -OCH3 is 2. The fraction of sp³-hybridized carbons (Fsp3) is 0.360. The van der Waals surface area contributed by atoms with E-state index in [0.29, 0.717) is 17.1 Å². The van der Waals surface area contributed by atoms with E-state index in [2.05, 4.69) is 18.2 Å². The van der Waals surface area contributed by atoms with Crippen LogP contribution in [0.1, 0.15) is 24.2 Å². The van der Waals surface area contributed by atoms with Crippen LogP contribution in [0.25, 0.3) is 0 Å². The summed E-state index contributed by atoms with van der Waals surface area (Å²) >= 11 is 0. The van der Waals surface area contributed by atoms with Crippen LogP contribution in [-0.4, -0.2) is 25.9 Å². The molecule has 8 heteroatoms. The molecule has 2 aromatic rings. The summed E-state index contributed by atoms with van der Waals surface area (Å²) in [7, 11) is 2.95. The Morgan fingerprint density at radius 3 is 2.27 bits per heavy atom. The minimum atomic E-state index is -2.09. The van der Waals surface area contributed by atoms with Gasteiger partial charge >= 0.3 is 0 Å². The van der Waals surface area contributed by atoms with Gasteiger partial charge in [-0.1, -0.05) is 30.3 Å². The van der Waals surface area contributed by atoms with Gasteiger partial charge in [-0.3, -0.25) is 5.41 Å². The minimum Gasteiger partial charge on any atom is -0.497 e. The van der Waals surface area contributed by atoms with Crippen LogP contribution in [0, 0.1) is 56.2 Å². The molecule has 2 aromatic carbocycles. The monoisotopic (exact) mass is 442 g/mol. The third-order valence-corrected chi connectivity index (χ3v) is 6.72. The summed E-state index contributed by atoms with van der Waals surface area (Å²) in [6, 6.07) is 20.6. The second-order valence-electron chi connectivity index (χ2n) is 8.25. The fourth-order valence-corrected chi connectivity index (χ4v) is 5.06. The molecule has 2 heterocycles. The van der Waals surface area contributed by atoms with E-state index < -0.39 is 34.5 Å². The average molecular weight is 442 g/mol. The van der Waals surface area contributed by atoms with Crippen LogP contribution in [-0.2, 0) is 15.9 Å². The largest absolute Gasteiger partial charge is 0.497 e.